The van der Waals surface area contributed by atoms with Crippen molar-refractivity contribution in [2.75, 3.05) is 26.3 Å². The molecule has 2 unspecified atom stereocenters. The summed E-state index contributed by atoms with van der Waals surface area (Å²) in [6.07, 6.45) is 10.8. The Morgan fingerprint density at radius 2 is 1.74 bits per heavy atom. The lowest BCUT2D eigenvalue weighted by Gasteiger charge is -2.49. The third-order valence-corrected chi connectivity index (χ3v) is 9.36. The van der Waals surface area contributed by atoms with Crippen LogP contribution in [0.1, 0.15) is 75.3 Å². The van der Waals surface area contributed by atoms with Crippen molar-refractivity contribution in [1.82, 2.24) is 10.6 Å². The number of hydrogen-bond donors (Lipinski definition) is 3. The fourth-order valence-corrected chi connectivity index (χ4v) is 7.22. The molecule has 2 fully saturated rings. The SMILES string of the molecule is C=CC(=O)NCCCCOc1ccc2c(c1)CC[C@@H]1[C@@H]2CC[C@]2(C)C(O)C(OCCCCNC(=O)C=C)C[C@@H]12. The molecular weight excluding hydrogens is 492 g/mol. The average molecular weight is 539 g/mol. The number of unbranched alkanes of at least 4 members (excludes halogenated alkanes) is 2. The summed E-state index contributed by atoms with van der Waals surface area (Å²) in [6.45, 7) is 11.7. The lowest BCUT2D eigenvalue weighted by atomic mass is 9.55. The van der Waals surface area contributed by atoms with Crippen molar-refractivity contribution < 1.29 is 24.2 Å². The minimum atomic E-state index is -0.425. The average Bonchev–Trinajstić information content (AvgIpc) is 3.21. The van der Waals surface area contributed by atoms with Crippen LogP contribution in [0, 0.1) is 17.3 Å². The summed E-state index contributed by atoms with van der Waals surface area (Å²) in [5.74, 6) is 2.23. The molecule has 6 atom stereocenters. The number of aryl methyl sites for hydroxylation is 1. The van der Waals surface area contributed by atoms with Crippen LogP contribution in [0.15, 0.2) is 43.5 Å². The van der Waals surface area contributed by atoms with Crippen molar-refractivity contribution in [3.05, 3.63) is 54.6 Å². The Bertz CT molecular complexity index is 1030. The molecule has 7 heteroatoms. The number of rotatable bonds is 14. The Balaban J connectivity index is 1.27. The van der Waals surface area contributed by atoms with Crippen molar-refractivity contribution in [2.45, 2.75) is 82.8 Å². The maximum absolute atomic E-state index is 11.3. The smallest absolute Gasteiger partial charge is 0.243 e. The number of hydrogen-bond acceptors (Lipinski definition) is 5. The van der Waals surface area contributed by atoms with Crippen LogP contribution in [0.5, 0.6) is 5.75 Å². The molecule has 3 aliphatic carbocycles. The van der Waals surface area contributed by atoms with Gasteiger partial charge >= 0.3 is 0 Å². The van der Waals surface area contributed by atoms with Crippen LogP contribution in [0.25, 0.3) is 0 Å². The van der Waals surface area contributed by atoms with Crippen LogP contribution in [0.2, 0.25) is 0 Å². The van der Waals surface area contributed by atoms with Crippen molar-refractivity contribution >= 4 is 11.8 Å². The number of fused-ring (bicyclic) bond motifs is 5. The quantitative estimate of drug-likeness (QED) is 0.240. The van der Waals surface area contributed by atoms with E-state index in [0.29, 0.717) is 44.1 Å². The van der Waals surface area contributed by atoms with Gasteiger partial charge in [-0.05, 0) is 116 Å². The van der Waals surface area contributed by atoms with Gasteiger partial charge in [0, 0.05) is 19.7 Å². The van der Waals surface area contributed by atoms with Crippen LogP contribution >= 0.6 is 0 Å². The maximum Gasteiger partial charge on any atom is 0.243 e. The molecule has 1 aromatic carbocycles. The van der Waals surface area contributed by atoms with Crippen LogP contribution in [-0.2, 0) is 20.7 Å². The number of nitrogens with one attached hydrogen (secondary N) is 2. The van der Waals surface area contributed by atoms with E-state index in [1.165, 1.54) is 23.3 Å². The lowest BCUT2D eigenvalue weighted by molar-refractivity contribution is -0.117. The van der Waals surface area contributed by atoms with Crippen molar-refractivity contribution in [2.24, 2.45) is 17.3 Å². The summed E-state index contributed by atoms with van der Waals surface area (Å²) >= 11 is 0. The van der Waals surface area contributed by atoms with Gasteiger partial charge < -0.3 is 25.2 Å². The van der Waals surface area contributed by atoms with Crippen LogP contribution in [-0.4, -0.2) is 55.4 Å². The van der Waals surface area contributed by atoms with Gasteiger partial charge in [-0.15, -0.1) is 0 Å². The van der Waals surface area contributed by atoms with Gasteiger partial charge in [0.25, 0.3) is 0 Å². The molecule has 3 aliphatic rings. The molecule has 0 heterocycles. The van der Waals surface area contributed by atoms with E-state index >= 15 is 0 Å². The number of aliphatic hydroxyl groups excluding tert-OH is 1. The molecule has 1 aromatic rings. The van der Waals surface area contributed by atoms with E-state index in [0.717, 1.165) is 63.5 Å². The molecule has 214 valence electrons. The highest BCUT2D eigenvalue weighted by Crippen LogP contribution is 2.61. The minimum Gasteiger partial charge on any atom is -0.494 e. The summed E-state index contributed by atoms with van der Waals surface area (Å²) in [4.78, 5) is 22.5. The first kappa shape index (κ1) is 29.3. The summed E-state index contributed by atoms with van der Waals surface area (Å²) < 4.78 is 12.3. The molecule has 0 spiro atoms. The number of aliphatic hydroxyl groups is 1. The van der Waals surface area contributed by atoms with Crippen LogP contribution in [0.4, 0.5) is 0 Å². The standard InChI is InChI=1S/C32H46N2O5/c1-4-29(35)33-16-6-8-18-38-23-11-13-24-22(20-23)10-12-26-25(24)14-15-32(3)27(26)21-28(31(32)37)39-19-9-7-17-34-30(36)5-2/h4-5,11,13,20,25-28,31,37H,1-2,6-10,12,14-19,21H2,3H3,(H,33,35)(H,34,36)/t25-,26-,27+,28?,31?,32+/m1/s1. The predicted molar refractivity (Wildman–Crippen MR) is 153 cm³/mol. The predicted octanol–water partition coefficient (Wildman–Crippen LogP) is 4.44. The van der Waals surface area contributed by atoms with Crippen LogP contribution < -0.4 is 15.4 Å². The molecule has 2 amide bonds. The molecule has 4 rings (SSSR count). The molecular formula is C32H46N2O5. The summed E-state index contributed by atoms with van der Waals surface area (Å²) in [5, 5.41) is 16.9. The molecule has 3 N–H and O–H groups in total. The first-order valence-electron chi connectivity index (χ1n) is 14.7. The topological polar surface area (TPSA) is 96.9 Å². The fourth-order valence-electron chi connectivity index (χ4n) is 7.22. The van der Waals surface area contributed by atoms with E-state index in [9.17, 15) is 14.7 Å². The molecule has 0 aromatic heterocycles. The van der Waals surface area contributed by atoms with E-state index in [4.69, 9.17) is 9.47 Å². The number of carbonyl (C=O) groups excluding carboxylic acids is 2. The van der Waals surface area contributed by atoms with Crippen molar-refractivity contribution in [1.29, 1.82) is 0 Å². The normalized spacial score (nSPS) is 28.9. The second-order valence-corrected chi connectivity index (χ2v) is 11.7. The minimum absolute atomic E-state index is 0.0878. The molecule has 0 saturated heterocycles. The highest BCUT2D eigenvalue weighted by Gasteiger charge is 2.58. The highest BCUT2D eigenvalue weighted by atomic mass is 16.5. The van der Waals surface area contributed by atoms with E-state index in [-0.39, 0.29) is 23.3 Å². The van der Waals surface area contributed by atoms with Crippen molar-refractivity contribution in [3.63, 3.8) is 0 Å². The van der Waals surface area contributed by atoms with E-state index in [2.05, 4.69) is 48.9 Å². The zero-order valence-corrected chi connectivity index (χ0v) is 23.5. The van der Waals surface area contributed by atoms with Gasteiger partial charge in [-0.3, -0.25) is 9.59 Å². The summed E-state index contributed by atoms with van der Waals surface area (Å²) in [6, 6.07) is 6.62. The zero-order chi connectivity index (χ0) is 27.8. The Labute approximate surface area is 233 Å². The largest absolute Gasteiger partial charge is 0.494 e. The summed E-state index contributed by atoms with van der Waals surface area (Å²) in [5.41, 5.74) is 2.79. The monoisotopic (exact) mass is 538 g/mol. The Kier molecular flexibility index (Phi) is 10.2. The Morgan fingerprint density at radius 3 is 2.44 bits per heavy atom. The second-order valence-electron chi connectivity index (χ2n) is 11.7. The fraction of sp³-hybridized carbons (Fsp3) is 0.625. The Hall–Kier alpha value is -2.64. The van der Waals surface area contributed by atoms with E-state index < -0.39 is 6.10 Å². The van der Waals surface area contributed by atoms with Gasteiger partial charge in [0.05, 0.1) is 18.8 Å². The van der Waals surface area contributed by atoms with Gasteiger partial charge in [-0.1, -0.05) is 26.1 Å². The molecule has 0 aliphatic heterocycles. The number of amides is 2. The van der Waals surface area contributed by atoms with E-state index in [1.807, 2.05) is 0 Å². The summed E-state index contributed by atoms with van der Waals surface area (Å²) in [7, 11) is 0. The van der Waals surface area contributed by atoms with Gasteiger partial charge in [0.2, 0.25) is 11.8 Å². The van der Waals surface area contributed by atoms with Gasteiger partial charge in [-0.2, -0.15) is 0 Å². The van der Waals surface area contributed by atoms with Crippen molar-refractivity contribution in [3.8, 4) is 5.75 Å². The lowest BCUT2D eigenvalue weighted by Crippen LogP contribution is -2.45. The van der Waals surface area contributed by atoms with Gasteiger partial charge in [-0.25, -0.2) is 0 Å². The molecule has 0 bridgehead atoms. The second kappa shape index (κ2) is 13.6. The first-order valence-corrected chi connectivity index (χ1v) is 14.7. The van der Waals surface area contributed by atoms with E-state index in [1.54, 1.807) is 0 Å². The number of benzene rings is 1. The third kappa shape index (κ3) is 6.93. The molecule has 0 radical (unpaired) electrons. The van der Waals surface area contributed by atoms with Gasteiger partial charge in [0.15, 0.2) is 0 Å². The van der Waals surface area contributed by atoms with Gasteiger partial charge in [0.1, 0.15) is 5.75 Å². The number of carbonyl (C=O) groups is 2. The molecule has 39 heavy (non-hydrogen) atoms. The maximum atomic E-state index is 11.3. The highest BCUT2D eigenvalue weighted by molar-refractivity contribution is 5.87. The molecule has 2 saturated carbocycles. The Morgan fingerprint density at radius 1 is 1.05 bits per heavy atom. The number of ether oxygens (including phenoxy) is 2. The first-order chi connectivity index (χ1) is 18.9. The van der Waals surface area contributed by atoms with Crippen LogP contribution in [0.3, 0.4) is 0 Å². The third-order valence-electron chi connectivity index (χ3n) is 9.36. The molecule has 7 nitrogen and oxygen atoms in total. The zero-order valence-electron chi connectivity index (χ0n) is 23.5.